The van der Waals surface area contributed by atoms with Crippen LogP contribution >= 0.6 is 0 Å². The van der Waals surface area contributed by atoms with Crippen molar-refractivity contribution < 1.29 is 0 Å². The molecule has 1 aliphatic carbocycles. The van der Waals surface area contributed by atoms with Gasteiger partial charge in [-0.05, 0) is 44.4 Å². The molecule has 0 amide bonds. The van der Waals surface area contributed by atoms with Gasteiger partial charge in [0.15, 0.2) is 5.82 Å². The topological polar surface area (TPSA) is 50.7 Å². The van der Waals surface area contributed by atoms with Crippen LogP contribution in [-0.4, -0.2) is 22.0 Å². The van der Waals surface area contributed by atoms with E-state index in [1.165, 1.54) is 5.56 Å². The molecule has 1 N–H and O–H groups in total. The lowest BCUT2D eigenvalue weighted by molar-refractivity contribution is 0.260. The van der Waals surface area contributed by atoms with Crippen LogP contribution in [0.3, 0.4) is 0 Å². The summed E-state index contributed by atoms with van der Waals surface area (Å²) in [5.41, 5.74) is 4.65. The van der Waals surface area contributed by atoms with Gasteiger partial charge in [0.2, 0.25) is 0 Å². The molecule has 1 unspecified atom stereocenters. The second-order valence-electron chi connectivity index (χ2n) is 6.67. The second kappa shape index (κ2) is 5.19. The highest BCUT2D eigenvalue weighted by atomic mass is 14.9. The molecule has 0 spiro atoms. The Morgan fingerprint density at radius 3 is 2.67 bits per heavy atom. The molecule has 0 aromatic carbocycles. The second-order valence-corrected chi connectivity index (χ2v) is 6.67. The minimum absolute atomic E-state index is 0.262. The van der Waals surface area contributed by atoms with E-state index >= 15 is 0 Å². The molecule has 4 nitrogen and oxygen atoms in total. The molecule has 0 radical (unpaired) electrons. The summed E-state index contributed by atoms with van der Waals surface area (Å²) in [7, 11) is 2.01. The van der Waals surface area contributed by atoms with Crippen molar-refractivity contribution in [2.45, 2.75) is 39.7 Å². The maximum atomic E-state index is 4.82. The zero-order valence-electron chi connectivity index (χ0n) is 13.1. The maximum Gasteiger partial charge on any atom is 0.160 e. The number of aryl methyl sites for hydroxylation is 1. The zero-order valence-corrected chi connectivity index (χ0v) is 13.1. The Balaban J connectivity index is 2.02. The smallest absolute Gasteiger partial charge is 0.160 e. The van der Waals surface area contributed by atoms with Gasteiger partial charge >= 0.3 is 0 Å². The fourth-order valence-electron chi connectivity index (χ4n) is 3.04. The van der Waals surface area contributed by atoms with Crippen molar-refractivity contribution in [3.8, 4) is 11.4 Å². The summed E-state index contributed by atoms with van der Waals surface area (Å²) in [6.45, 7) is 6.59. The Morgan fingerprint density at radius 2 is 2.00 bits per heavy atom. The summed E-state index contributed by atoms with van der Waals surface area (Å²) in [6.07, 6.45) is 5.94. The van der Waals surface area contributed by atoms with Crippen molar-refractivity contribution >= 4 is 0 Å². The lowest BCUT2D eigenvalue weighted by Crippen LogP contribution is -2.32. The van der Waals surface area contributed by atoms with E-state index in [4.69, 9.17) is 4.98 Å². The molecule has 2 heterocycles. The summed E-state index contributed by atoms with van der Waals surface area (Å²) in [6, 6.07) is 4.38. The van der Waals surface area contributed by atoms with E-state index in [1.54, 1.807) is 0 Å². The van der Waals surface area contributed by atoms with Crippen LogP contribution in [0.4, 0.5) is 0 Å². The summed E-state index contributed by atoms with van der Waals surface area (Å²) in [5, 5.41) is 3.39. The molecule has 0 fully saturated rings. The Labute approximate surface area is 126 Å². The standard InChI is InChI=1S/C17H22N4/c1-11-5-6-12(9-19-11)16-20-10-13-14(18-4)7-17(2,3)8-15(13)21-16/h5-6,9-10,14,18H,7-8H2,1-4H3. The Kier molecular flexibility index (Phi) is 3.49. The predicted octanol–water partition coefficient (Wildman–Crippen LogP) is 3.08. The van der Waals surface area contributed by atoms with E-state index in [9.17, 15) is 0 Å². The van der Waals surface area contributed by atoms with Crippen molar-refractivity contribution in [1.82, 2.24) is 20.3 Å². The van der Waals surface area contributed by atoms with Gasteiger partial charge in [-0.25, -0.2) is 9.97 Å². The Bertz CT molecular complexity index is 646. The maximum absolute atomic E-state index is 4.82. The van der Waals surface area contributed by atoms with Crippen molar-refractivity contribution in [2.75, 3.05) is 7.05 Å². The molecule has 0 saturated carbocycles. The molecule has 0 saturated heterocycles. The number of nitrogens with zero attached hydrogens (tertiary/aromatic N) is 3. The minimum Gasteiger partial charge on any atom is -0.313 e. The van der Waals surface area contributed by atoms with Crippen molar-refractivity contribution in [2.24, 2.45) is 5.41 Å². The third-order valence-electron chi connectivity index (χ3n) is 4.20. The van der Waals surface area contributed by atoms with Crippen molar-refractivity contribution in [1.29, 1.82) is 0 Å². The molecule has 110 valence electrons. The Morgan fingerprint density at radius 1 is 1.19 bits per heavy atom. The number of rotatable bonds is 2. The van der Waals surface area contributed by atoms with Gasteiger partial charge < -0.3 is 5.32 Å². The quantitative estimate of drug-likeness (QED) is 0.919. The van der Waals surface area contributed by atoms with Gasteiger partial charge in [-0.15, -0.1) is 0 Å². The third kappa shape index (κ3) is 2.81. The molecule has 1 aliphatic rings. The summed E-state index contributed by atoms with van der Waals surface area (Å²) < 4.78 is 0. The van der Waals surface area contributed by atoms with Crippen LogP contribution in [0.15, 0.2) is 24.5 Å². The number of aromatic nitrogens is 3. The number of pyridine rings is 1. The molecule has 0 bridgehead atoms. The first-order valence-corrected chi connectivity index (χ1v) is 7.45. The van der Waals surface area contributed by atoms with Gasteiger partial charge in [0.25, 0.3) is 0 Å². The highest BCUT2D eigenvalue weighted by Crippen LogP contribution is 2.39. The fraction of sp³-hybridized carbons (Fsp3) is 0.471. The number of hydrogen-bond acceptors (Lipinski definition) is 4. The lowest BCUT2D eigenvalue weighted by atomic mass is 9.74. The predicted molar refractivity (Wildman–Crippen MR) is 83.9 cm³/mol. The Hall–Kier alpha value is -1.81. The van der Waals surface area contributed by atoms with Gasteiger partial charge in [0.05, 0.1) is 0 Å². The highest BCUT2D eigenvalue weighted by molar-refractivity contribution is 5.54. The van der Waals surface area contributed by atoms with Gasteiger partial charge in [-0.2, -0.15) is 0 Å². The summed E-state index contributed by atoms with van der Waals surface area (Å²) in [4.78, 5) is 13.7. The molecule has 3 rings (SSSR count). The van der Waals surface area contributed by atoms with E-state index in [0.717, 1.165) is 35.6 Å². The first-order chi connectivity index (χ1) is 9.98. The lowest BCUT2D eigenvalue weighted by Gasteiger charge is -2.36. The van der Waals surface area contributed by atoms with Crippen LogP contribution in [0.2, 0.25) is 0 Å². The number of fused-ring (bicyclic) bond motifs is 1. The molecule has 0 aliphatic heterocycles. The number of hydrogen-bond donors (Lipinski definition) is 1. The van der Waals surface area contributed by atoms with E-state index in [-0.39, 0.29) is 5.41 Å². The van der Waals surface area contributed by atoms with Crippen LogP contribution in [0, 0.1) is 12.3 Å². The van der Waals surface area contributed by atoms with Gasteiger partial charge in [-0.3, -0.25) is 4.98 Å². The number of nitrogens with one attached hydrogen (secondary N) is 1. The third-order valence-corrected chi connectivity index (χ3v) is 4.20. The molecule has 2 aromatic heterocycles. The monoisotopic (exact) mass is 282 g/mol. The largest absolute Gasteiger partial charge is 0.313 e. The van der Waals surface area contributed by atoms with Crippen LogP contribution in [0.1, 0.15) is 43.3 Å². The molecule has 1 atom stereocenters. The van der Waals surface area contributed by atoms with E-state index in [0.29, 0.717) is 6.04 Å². The van der Waals surface area contributed by atoms with Crippen LogP contribution in [0.5, 0.6) is 0 Å². The fourth-order valence-corrected chi connectivity index (χ4v) is 3.04. The van der Waals surface area contributed by atoms with E-state index in [1.807, 2.05) is 38.5 Å². The zero-order chi connectivity index (χ0) is 15.0. The van der Waals surface area contributed by atoms with E-state index in [2.05, 4.69) is 29.1 Å². The van der Waals surface area contributed by atoms with E-state index < -0.39 is 0 Å². The SMILES string of the molecule is CNC1CC(C)(C)Cc2nc(-c3ccc(C)nc3)ncc21. The van der Waals surface area contributed by atoms with Crippen LogP contribution < -0.4 is 5.32 Å². The molecule has 4 heteroatoms. The minimum atomic E-state index is 0.262. The molecular formula is C17H22N4. The average molecular weight is 282 g/mol. The van der Waals surface area contributed by atoms with Gasteiger partial charge in [-0.1, -0.05) is 13.8 Å². The summed E-state index contributed by atoms with van der Waals surface area (Å²) in [5.74, 6) is 0.772. The first-order valence-electron chi connectivity index (χ1n) is 7.45. The van der Waals surface area contributed by atoms with Crippen LogP contribution in [0.25, 0.3) is 11.4 Å². The average Bonchev–Trinajstić information content (AvgIpc) is 2.45. The van der Waals surface area contributed by atoms with Gasteiger partial charge in [0.1, 0.15) is 0 Å². The highest BCUT2D eigenvalue weighted by Gasteiger charge is 2.32. The van der Waals surface area contributed by atoms with Crippen LogP contribution in [-0.2, 0) is 6.42 Å². The molecular weight excluding hydrogens is 260 g/mol. The first kappa shape index (κ1) is 14.1. The molecule has 21 heavy (non-hydrogen) atoms. The van der Waals surface area contributed by atoms with Gasteiger partial charge in [0, 0.05) is 41.0 Å². The normalized spacial score (nSPS) is 20.1. The van der Waals surface area contributed by atoms with Crippen molar-refractivity contribution in [3.63, 3.8) is 0 Å². The molecule has 2 aromatic rings. The summed E-state index contributed by atoms with van der Waals surface area (Å²) >= 11 is 0. The van der Waals surface area contributed by atoms with Crippen molar-refractivity contribution in [3.05, 3.63) is 41.5 Å².